The molecule has 0 aliphatic heterocycles. The number of hydrogen-bond acceptors (Lipinski definition) is 4. The van der Waals surface area contributed by atoms with E-state index in [1.54, 1.807) is 12.1 Å². The zero-order valence-corrected chi connectivity index (χ0v) is 16.5. The molecule has 6 heteroatoms. The zero-order chi connectivity index (χ0) is 19.7. The average molecular weight is 410 g/mol. The fourth-order valence-electron chi connectivity index (χ4n) is 3.22. The van der Waals surface area contributed by atoms with E-state index in [9.17, 15) is 9.59 Å². The minimum atomic E-state index is -1.08. The molecule has 28 heavy (non-hydrogen) atoms. The van der Waals surface area contributed by atoms with Crippen LogP contribution in [0.2, 0.25) is 5.02 Å². The van der Waals surface area contributed by atoms with Crippen molar-refractivity contribution in [3.63, 3.8) is 0 Å². The number of benzene rings is 3. The van der Waals surface area contributed by atoms with Crippen molar-refractivity contribution in [2.45, 2.75) is 5.92 Å². The van der Waals surface area contributed by atoms with E-state index < -0.39 is 17.8 Å². The Morgan fingerprint density at radius 2 is 1.82 bits per heavy atom. The second kappa shape index (κ2) is 7.62. The monoisotopic (exact) mass is 409 g/mol. The molecule has 4 aromatic rings. The lowest BCUT2D eigenvalue weighted by molar-refractivity contribution is -0.145. The molecule has 4 nitrogen and oxygen atoms in total. The molecular weight excluding hydrogens is 394 g/mol. The van der Waals surface area contributed by atoms with Crippen LogP contribution in [-0.4, -0.2) is 19.0 Å². The molecule has 1 atom stereocenters. The van der Waals surface area contributed by atoms with E-state index in [0.717, 1.165) is 20.9 Å². The van der Waals surface area contributed by atoms with Crippen molar-refractivity contribution in [1.29, 1.82) is 0 Å². The molecule has 1 N–H and O–H groups in total. The van der Waals surface area contributed by atoms with Gasteiger partial charge in [0.25, 0.3) is 0 Å². The van der Waals surface area contributed by atoms with E-state index in [0.29, 0.717) is 16.3 Å². The normalized spacial score (nSPS) is 12.1. The highest BCUT2D eigenvalue weighted by Crippen LogP contribution is 2.34. The first-order chi connectivity index (χ1) is 13.6. The van der Waals surface area contributed by atoms with Gasteiger partial charge < -0.3 is 10.1 Å². The number of thiophene rings is 1. The van der Waals surface area contributed by atoms with Crippen LogP contribution in [0.15, 0.2) is 66.0 Å². The van der Waals surface area contributed by atoms with Crippen molar-refractivity contribution in [2.24, 2.45) is 0 Å². The number of carbonyl (C=O) groups excluding carboxylic acids is 2. The standard InChI is InChI=1S/C22H16ClNO3S/c1-27-22(26)20(18-12-28-19-9-7-15(23)11-17(18)19)21(25)24-16-8-6-13-4-2-3-5-14(13)10-16/h2-12,20H,1H3,(H,24,25). The van der Waals surface area contributed by atoms with Crippen molar-refractivity contribution in [3.8, 4) is 0 Å². The highest BCUT2D eigenvalue weighted by atomic mass is 35.5. The van der Waals surface area contributed by atoms with Crippen LogP contribution in [0.3, 0.4) is 0 Å². The summed E-state index contributed by atoms with van der Waals surface area (Å²) in [5, 5.41) is 8.06. The highest BCUT2D eigenvalue weighted by molar-refractivity contribution is 7.17. The summed E-state index contributed by atoms with van der Waals surface area (Å²) in [5.41, 5.74) is 1.21. The van der Waals surface area contributed by atoms with Gasteiger partial charge in [0.15, 0.2) is 5.92 Å². The number of hydrogen-bond donors (Lipinski definition) is 1. The molecule has 1 amide bonds. The minimum absolute atomic E-state index is 0.443. The summed E-state index contributed by atoms with van der Waals surface area (Å²) in [6.07, 6.45) is 0. The summed E-state index contributed by atoms with van der Waals surface area (Å²) in [7, 11) is 1.28. The quantitative estimate of drug-likeness (QED) is 0.352. The summed E-state index contributed by atoms with van der Waals surface area (Å²) in [6, 6.07) is 18.9. The van der Waals surface area contributed by atoms with Gasteiger partial charge in [-0.25, -0.2) is 0 Å². The first kappa shape index (κ1) is 18.5. The number of anilines is 1. The van der Waals surface area contributed by atoms with E-state index in [1.165, 1.54) is 18.4 Å². The smallest absolute Gasteiger partial charge is 0.322 e. The zero-order valence-electron chi connectivity index (χ0n) is 14.9. The Hall–Kier alpha value is -2.89. The van der Waals surface area contributed by atoms with Crippen molar-refractivity contribution >= 4 is 61.4 Å². The maximum atomic E-state index is 13.0. The van der Waals surface area contributed by atoms with Gasteiger partial charge in [0.1, 0.15) is 0 Å². The number of nitrogens with one attached hydrogen (secondary N) is 1. The number of fused-ring (bicyclic) bond motifs is 2. The van der Waals surface area contributed by atoms with Gasteiger partial charge >= 0.3 is 5.97 Å². The van der Waals surface area contributed by atoms with Crippen LogP contribution >= 0.6 is 22.9 Å². The maximum Gasteiger partial charge on any atom is 0.322 e. The lowest BCUT2D eigenvalue weighted by Gasteiger charge is -2.15. The van der Waals surface area contributed by atoms with E-state index in [4.69, 9.17) is 16.3 Å². The van der Waals surface area contributed by atoms with Crippen molar-refractivity contribution in [1.82, 2.24) is 0 Å². The predicted molar refractivity (Wildman–Crippen MR) is 114 cm³/mol. The molecule has 0 bridgehead atoms. The van der Waals surface area contributed by atoms with Crippen LogP contribution < -0.4 is 5.32 Å². The molecule has 0 saturated carbocycles. The fraction of sp³-hybridized carbons (Fsp3) is 0.0909. The SMILES string of the molecule is COC(=O)C(C(=O)Nc1ccc2ccccc2c1)c1csc2ccc(Cl)cc12. The molecule has 1 heterocycles. The molecule has 140 valence electrons. The molecule has 1 unspecified atom stereocenters. The van der Waals surface area contributed by atoms with E-state index >= 15 is 0 Å². The Kier molecular flexibility index (Phi) is 5.03. The van der Waals surface area contributed by atoms with Crippen LogP contribution in [-0.2, 0) is 14.3 Å². The number of methoxy groups -OCH3 is 1. The molecule has 0 fully saturated rings. The van der Waals surface area contributed by atoms with Crippen LogP contribution in [0, 0.1) is 0 Å². The van der Waals surface area contributed by atoms with Crippen LogP contribution in [0.1, 0.15) is 11.5 Å². The Labute approximate surface area is 170 Å². The number of ether oxygens (including phenoxy) is 1. The Morgan fingerprint density at radius 1 is 1.04 bits per heavy atom. The largest absolute Gasteiger partial charge is 0.468 e. The highest BCUT2D eigenvalue weighted by Gasteiger charge is 2.32. The van der Waals surface area contributed by atoms with Crippen molar-refractivity contribution in [3.05, 3.63) is 76.6 Å². The van der Waals surface area contributed by atoms with E-state index in [2.05, 4.69) is 5.32 Å². The third kappa shape index (κ3) is 3.46. The van der Waals surface area contributed by atoms with Crippen molar-refractivity contribution in [2.75, 3.05) is 12.4 Å². The van der Waals surface area contributed by atoms with Gasteiger partial charge in [0.2, 0.25) is 5.91 Å². The summed E-state index contributed by atoms with van der Waals surface area (Å²) in [4.78, 5) is 25.5. The topological polar surface area (TPSA) is 55.4 Å². The van der Waals surface area contributed by atoms with E-state index in [-0.39, 0.29) is 0 Å². The average Bonchev–Trinajstić information content (AvgIpc) is 3.10. The summed E-state index contributed by atoms with van der Waals surface area (Å²) >= 11 is 7.58. The lowest BCUT2D eigenvalue weighted by Crippen LogP contribution is -2.28. The number of rotatable bonds is 4. The number of halogens is 1. The predicted octanol–water partition coefficient (Wildman–Crippen LogP) is 5.60. The van der Waals surface area contributed by atoms with Gasteiger partial charge in [-0.15, -0.1) is 11.3 Å². The molecule has 0 saturated heterocycles. The van der Waals surface area contributed by atoms with Gasteiger partial charge in [-0.05, 0) is 57.4 Å². The first-order valence-corrected chi connectivity index (χ1v) is 9.87. The van der Waals surface area contributed by atoms with Crippen LogP contribution in [0.4, 0.5) is 5.69 Å². The Balaban J connectivity index is 1.71. The summed E-state index contributed by atoms with van der Waals surface area (Å²) in [6.45, 7) is 0. The Bertz CT molecular complexity index is 1200. The molecule has 0 aliphatic carbocycles. The van der Waals surface area contributed by atoms with E-state index in [1.807, 2.05) is 53.9 Å². The van der Waals surface area contributed by atoms with Gasteiger partial charge in [-0.3, -0.25) is 9.59 Å². The van der Waals surface area contributed by atoms with Gasteiger partial charge in [-0.1, -0.05) is 41.9 Å². The lowest BCUT2D eigenvalue weighted by atomic mass is 9.97. The summed E-state index contributed by atoms with van der Waals surface area (Å²) in [5.74, 6) is -2.14. The first-order valence-electron chi connectivity index (χ1n) is 8.61. The second-order valence-electron chi connectivity index (χ2n) is 6.34. The number of esters is 1. The summed E-state index contributed by atoms with van der Waals surface area (Å²) < 4.78 is 5.87. The maximum absolute atomic E-state index is 13.0. The number of amides is 1. The van der Waals surface area contributed by atoms with Crippen molar-refractivity contribution < 1.29 is 14.3 Å². The van der Waals surface area contributed by atoms with Gasteiger partial charge in [0.05, 0.1) is 7.11 Å². The minimum Gasteiger partial charge on any atom is -0.468 e. The van der Waals surface area contributed by atoms with Gasteiger partial charge in [-0.2, -0.15) is 0 Å². The fourth-order valence-corrected chi connectivity index (χ4v) is 4.36. The molecule has 0 radical (unpaired) electrons. The number of carbonyl (C=O) groups is 2. The molecule has 4 rings (SSSR count). The molecule has 3 aromatic carbocycles. The molecule has 1 aromatic heterocycles. The third-order valence-electron chi connectivity index (χ3n) is 4.59. The van der Waals surface area contributed by atoms with Gasteiger partial charge in [0, 0.05) is 15.4 Å². The van der Waals surface area contributed by atoms with Crippen LogP contribution in [0.25, 0.3) is 20.9 Å². The molecule has 0 spiro atoms. The third-order valence-corrected chi connectivity index (χ3v) is 5.81. The second-order valence-corrected chi connectivity index (χ2v) is 7.69. The Morgan fingerprint density at radius 3 is 2.61 bits per heavy atom. The van der Waals surface area contributed by atoms with Crippen LogP contribution in [0.5, 0.6) is 0 Å². The molecular formula is C22H16ClNO3S. The molecule has 0 aliphatic rings.